The third kappa shape index (κ3) is 2.72. The van der Waals surface area contributed by atoms with Gasteiger partial charge in [-0.25, -0.2) is 0 Å². The average molecular weight is 302 g/mol. The predicted octanol–water partition coefficient (Wildman–Crippen LogP) is 2.78. The molecule has 0 saturated carbocycles. The first-order valence-electron chi connectivity index (χ1n) is 8.07. The molecule has 2 aliphatic heterocycles. The second-order valence-electron chi connectivity index (χ2n) is 7.50. The van der Waals surface area contributed by atoms with E-state index in [1.54, 1.807) is 7.11 Å². The molecule has 1 aromatic rings. The van der Waals surface area contributed by atoms with Crippen molar-refractivity contribution in [1.29, 1.82) is 0 Å². The van der Waals surface area contributed by atoms with E-state index in [4.69, 9.17) is 4.74 Å². The van der Waals surface area contributed by atoms with Crippen molar-refractivity contribution < 1.29 is 9.53 Å². The van der Waals surface area contributed by atoms with Crippen LogP contribution in [0.3, 0.4) is 0 Å². The molecular formula is C18H26N2O2. The molecule has 1 aromatic carbocycles. The Hall–Kier alpha value is -1.55. The van der Waals surface area contributed by atoms with Crippen LogP contribution < -0.4 is 4.74 Å². The Labute approximate surface area is 133 Å². The standard InChI is InChI=1S/C18H26N2O2/c1-17(2,3)19-11-9-18(10-12-19)13-20(18)16(21)14-5-7-15(22-4)8-6-14/h5-8H,9-13H2,1-4H3. The molecule has 2 fully saturated rings. The summed E-state index contributed by atoms with van der Waals surface area (Å²) in [7, 11) is 1.64. The summed E-state index contributed by atoms with van der Waals surface area (Å²) < 4.78 is 5.15. The van der Waals surface area contributed by atoms with E-state index in [2.05, 4.69) is 30.6 Å². The van der Waals surface area contributed by atoms with Gasteiger partial charge in [-0.05, 0) is 57.9 Å². The number of rotatable bonds is 2. The van der Waals surface area contributed by atoms with Crippen molar-refractivity contribution in [1.82, 2.24) is 9.80 Å². The van der Waals surface area contributed by atoms with Crippen molar-refractivity contribution in [3.8, 4) is 5.75 Å². The molecule has 0 bridgehead atoms. The molecule has 0 unspecified atom stereocenters. The second-order valence-corrected chi connectivity index (χ2v) is 7.50. The molecule has 0 atom stereocenters. The van der Waals surface area contributed by atoms with Crippen LogP contribution in [0.25, 0.3) is 0 Å². The first-order chi connectivity index (χ1) is 10.4. The van der Waals surface area contributed by atoms with Crippen LogP contribution in [0.15, 0.2) is 24.3 Å². The summed E-state index contributed by atoms with van der Waals surface area (Å²) in [6.07, 6.45) is 2.18. The third-order valence-electron chi connectivity index (χ3n) is 5.15. The van der Waals surface area contributed by atoms with Crippen LogP contribution in [-0.2, 0) is 0 Å². The molecule has 22 heavy (non-hydrogen) atoms. The van der Waals surface area contributed by atoms with Gasteiger partial charge < -0.3 is 9.64 Å². The minimum Gasteiger partial charge on any atom is -0.497 e. The molecule has 1 amide bonds. The van der Waals surface area contributed by atoms with Crippen molar-refractivity contribution >= 4 is 5.91 Å². The molecule has 1 spiro atoms. The number of likely N-dealkylation sites (tertiary alicyclic amines) is 1. The van der Waals surface area contributed by atoms with Crippen LogP contribution >= 0.6 is 0 Å². The summed E-state index contributed by atoms with van der Waals surface area (Å²) in [5.74, 6) is 0.947. The van der Waals surface area contributed by atoms with Crippen LogP contribution in [-0.4, -0.2) is 53.5 Å². The van der Waals surface area contributed by atoms with E-state index in [0.29, 0.717) is 0 Å². The van der Waals surface area contributed by atoms with Crippen LogP contribution in [0.2, 0.25) is 0 Å². The molecule has 120 valence electrons. The lowest BCUT2D eigenvalue weighted by atomic mass is 9.92. The summed E-state index contributed by atoms with van der Waals surface area (Å²) in [5.41, 5.74) is 1.11. The zero-order valence-corrected chi connectivity index (χ0v) is 14.1. The molecule has 0 aliphatic carbocycles. The third-order valence-corrected chi connectivity index (χ3v) is 5.15. The fourth-order valence-electron chi connectivity index (χ4n) is 3.46. The average Bonchev–Trinajstić information content (AvgIpc) is 3.19. The first-order valence-corrected chi connectivity index (χ1v) is 8.07. The van der Waals surface area contributed by atoms with E-state index < -0.39 is 0 Å². The van der Waals surface area contributed by atoms with Gasteiger partial charge in [0.15, 0.2) is 0 Å². The number of amides is 1. The first kappa shape index (κ1) is 15.3. The van der Waals surface area contributed by atoms with Crippen LogP contribution in [0, 0.1) is 0 Å². The molecule has 3 rings (SSSR count). The van der Waals surface area contributed by atoms with Gasteiger partial charge in [0, 0.05) is 30.7 Å². The van der Waals surface area contributed by atoms with Gasteiger partial charge >= 0.3 is 0 Å². The molecule has 4 nitrogen and oxygen atoms in total. The van der Waals surface area contributed by atoms with E-state index in [-0.39, 0.29) is 17.0 Å². The predicted molar refractivity (Wildman–Crippen MR) is 87.3 cm³/mol. The fraction of sp³-hybridized carbons (Fsp3) is 0.611. The van der Waals surface area contributed by atoms with Gasteiger partial charge in [0.2, 0.25) is 0 Å². The molecule has 2 saturated heterocycles. The van der Waals surface area contributed by atoms with E-state index in [1.165, 1.54) is 0 Å². The Morgan fingerprint density at radius 2 is 1.73 bits per heavy atom. The van der Waals surface area contributed by atoms with Crippen molar-refractivity contribution in [3.63, 3.8) is 0 Å². The maximum atomic E-state index is 12.6. The Bertz CT molecular complexity index is 551. The fourth-order valence-corrected chi connectivity index (χ4v) is 3.46. The van der Waals surface area contributed by atoms with Crippen LogP contribution in [0.4, 0.5) is 0 Å². The lowest BCUT2D eigenvalue weighted by Crippen LogP contribution is -2.49. The lowest BCUT2D eigenvalue weighted by Gasteiger charge is -2.41. The molecule has 0 radical (unpaired) electrons. The van der Waals surface area contributed by atoms with Gasteiger partial charge in [-0.2, -0.15) is 0 Å². The lowest BCUT2D eigenvalue weighted by molar-refractivity contribution is 0.0711. The normalized spacial score (nSPS) is 21.0. The zero-order valence-electron chi connectivity index (χ0n) is 14.1. The van der Waals surface area contributed by atoms with Crippen molar-refractivity contribution in [2.24, 2.45) is 0 Å². The van der Waals surface area contributed by atoms with Crippen molar-refractivity contribution in [3.05, 3.63) is 29.8 Å². The molecular weight excluding hydrogens is 276 g/mol. The van der Waals surface area contributed by atoms with Gasteiger partial charge in [0.1, 0.15) is 5.75 Å². The molecule has 2 heterocycles. The van der Waals surface area contributed by atoms with Gasteiger partial charge in [-0.3, -0.25) is 9.69 Å². The maximum Gasteiger partial charge on any atom is 0.254 e. The number of nitrogens with zero attached hydrogens (tertiary/aromatic N) is 2. The highest BCUT2D eigenvalue weighted by Crippen LogP contribution is 2.43. The minimum absolute atomic E-state index is 0.124. The summed E-state index contributed by atoms with van der Waals surface area (Å²) in [6, 6.07) is 7.42. The molecule has 2 aliphatic rings. The van der Waals surface area contributed by atoms with E-state index in [0.717, 1.165) is 43.8 Å². The molecule has 4 heteroatoms. The quantitative estimate of drug-likeness (QED) is 0.788. The second kappa shape index (κ2) is 5.27. The summed E-state index contributed by atoms with van der Waals surface area (Å²) in [5, 5.41) is 0. The minimum atomic E-state index is 0.124. The molecule has 0 aromatic heterocycles. The number of carbonyl (C=O) groups excluding carboxylic acids is 1. The zero-order chi connectivity index (χ0) is 16.0. The van der Waals surface area contributed by atoms with E-state index >= 15 is 0 Å². The Morgan fingerprint density at radius 3 is 2.23 bits per heavy atom. The highest BCUT2D eigenvalue weighted by atomic mass is 16.5. The molecule has 0 N–H and O–H groups in total. The highest BCUT2D eigenvalue weighted by Gasteiger charge is 2.56. The summed E-state index contributed by atoms with van der Waals surface area (Å²) in [6.45, 7) is 9.86. The monoisotopic (exact) mass is 302 g/mol. The summed E-state index contributed by atoms with van der Waals surface area (Å²) >= 11 is 0. The highest BCUT2D eigenvalue weighted by molar-refractivity contribution is 5.96. The van der Waals surface area contributed by atoms with Crippen LogP contribution in [0.5, 0.6) is 5.75 Å². The Balaban J connectivity index is 1.63. The number of hydrogen-bond acceptors (Lipinski definition) is 3. The summed E-state index contributed by atoms with van der Waals surface area (Å²) in [4.78, 5) is 17.2. The van der Waals surface area contributed by atoms with Crippen molar-refractivity contribution in [2.45, 2.75) is 44.7 Å². The maximum absolute atomic E-state index is 12.6. The number of carbonyl (C=O) groups is 1. The largest absolute Gasteiger partial charge is 0.497 e. The van der Waals surface area contributed by atoms with E-state index in [9.17, 15) is 4.79 Å². The van der Waals surface area contributed by atoms with Gasteiger partial charge in [0.25, 0.3) is 5.91 Å². The Morgan fingerprint density at radius 1 is 1.14 bits per heavy atom. The smallest absolute Gasteiger partial charge is 0.254 e. The SMILES string of the molecule is COc1ccc(C(=O)N2CC23CCN(C(C)(C)C)CC3)cc1. The van der Waals surface area contributed by atoms with Gasteiger partial charge in [-0.1, -0.05) is 0 Å². The van der Waals surface area contributed by atoms with Gasteiger partial charge in [-0.15, -0.1) is 0 Å². The van der Waals surface area contributed by atoms with Gasteiger partial charge in [0.05, 0.1) is 12.6 Å². The number of piperidine rings is 1. The van der Waals surface area contributed by atoms with Crippen molar-refractivity contribution in [2.75, 3.05) is 26.7 Å². The van der Waals surface area contributed by atoms with E-state index in [1.807, 2.05) is 24.3 Å². The number of methoxy groups -OCH3 is 1. The topological polar surface area (TPSA) is 32.6 Å². The Kier molecular flexibility index (Phi) is 3.68. The van der Waals surface area contributed by atoms with Crippen LogP contribution in [0.1, 0.15) is 44.0 Å². The number of ether oxygens (including phenoxy) is 1. The number of hydrogen-bond donors (Lipinski definition) is 0. The number of benzene rings is 1.